The molecular weight excluding hydrogens is 275 g/mol. The number of methoxy groups -OCH3 is 2. The lowest BCUT2D eigenvalue weighted by molar-refractivity contribution is -0.138. The number of carboxylic acid groups (broad SMARTS) is 1. The molecule has 0 aliphatic carbocycles. The van der Waals surface area contributed by atoms with E-state index in [1.165, 1.54) is 14.2 Å². The molecule has 1 rings (SSSR count). The fraction of sp³-hybridized carbons (Fsp3) is 0.462. The number of carboxylic acids is 1. The van der Waals surface area contributed by atoms with Crippen LogP contribution in [0.5, 0.6) is 11.5 Å². The lowest BCUT2D eigenvalue weighted by Gasteiger charge is -2.27. The first-order valence-corrected chi connectivity index (χ1v) is 5.94. The van der Waals surface area contributed by atoms with E-state index in [1.54, 1.807) is 13.8 Å². The average Bonchev–Trinajstić information content (AvgIpc) is 2.29. The summed E-state index contributed by atoms with van der Waals surface area (Å²) in [5, 5.41) is 8.80. The van der Waals surface area contributed by atoms with Gasteiger partial charge in [-0.3, -0.25) is 4.79 Å². The number of rotatable bonds is 5. The van der Waals surface area contributed by atoms with Crippen LogP contribution in [0.4, 0.5) is 4.39 Å². The van der Waals surface area contributed by atoms with Gasteiger partial charge >= 0.3 is 5.97 Å². The van der Waals surface area contributed by atoms with Crippen LogP contribution in [0.1, 0.15) is 25.8 Å². The Balaban J connectivity index is 3.55. The molecule has 106 valence electrons. The van der Waals surface area contributed by atoms with E-state index in [0.717, 1.165) is 6.07 Å². The molecule has 0 bridgehead atoms. The molecule has 1 aromatic rings. The Kier molecular flexibility index (Phi) is 4.63. The van der Waals surface area contributed by atoms with Gasteiger partial charge in [-0.15, -0.1) is 0 Å². The van der Waals surface area contributed by atoms with Crippen molar-refractivity contribution in [2.45, 2.75) is 25.7 Å². The van der Waals surface area contributed by atoms with E-state index in [9.17, 15) is 9.18 Å². The summed E-state index contributed by atoms with van der Waals surface area (Å²) in [4.78, 5) is 10.9. The Bertz CT molecular complexity index is 500. The number of carbonyl (C=O) groups is 1. The molecule has 0 saturated carbocycles. The minimum absolute atomic E-state index is 0.149. The lowest BCUT2D eigenvalue weighted by atomic mass is 9.80. The van der Waals surface area contributed by atoms with Gasteiger partial charge in [0.25, 0.3) is 0 Å². The van der Waals surface area contributed by atoms with Crippen LogP contribution in [-0.2, 0) is 10.2 Å². The van der Waals surface area contributed by atoms with Gasteiger partial charge in [0.2, 0.25) is 0 Å². The van der Waals surface area contributed by atoms with Crippen molar-refractivity contribution in [3.05, 3.63) is 22.5 Å². The third-order valence-electron chi connectivity index (χ3n) is 2.83. The van der Waals surface area contributed by atoms with E-state index in [4.69, 9.17) is 26.2 Å². The van der Waals surface area contributed by atoms with Gasteiger partial charge in [0.05, 0.1) is 25.7 Å². The number of aliphatic carboxylic acids is 1. The maximum absolute atomic E-state index is 13.8. The highest BCUT2D eigenvalue weighted by molar-refractivity contribution is 6.32. The largest absolute Gasteiger partial charge is 0.493 e. The second-order valence-corrected chi connectivity index (χ2v) is 5.12. The monoisotopic (exact) mass is 290 g/mol. The lowest BCUT2D eigenvalue weighted by Crippen LogP contribution is -2.23. The van der Waals surface area contributed by atoms with Gasteiger partial charge < -0.3 is 14.6 Å². The molecule has 0 heterocycles. The molecule has 0 radical (unpaired) electrons. The van der Waals surface area contributed by atoms with Crippen LogP contribution in [0.3, 0.4) is 0 Å². The highest BCUT2D eigenvalue weighted by Crippen LogP contribution is 2.45. The highest BCUT2D eigenvalue weighted by Gasteiger charge is 2.33. The second kappa shape index (κ2) is 5.65. The number of benzene rings is 1. The van der Waals surface area contributed by atoms with Crippen LogP contribution >= 0.6 is 11.6 Å². The van der Waals surface area contributed by atoms with Crippen molar-refractivity contribution in [1.29, 1.82) is 0 Å². The minimum Gasteiger partial charge on any atom is -0.493 e. The molecule has 1 N–H and O–H groups in total. The zero-order chi connectivity index (χ0) is 14.8. The third kappa shape index (κ3) is 3.10. The van der Waals surface area contributed by atoms with E-state index in [1.807, 2.05) is 0 Å². The molecule has 4 nitrogen and oxygen atoms in total. The van der Waals surface area contributed by atoms with E-state index in [0.29, 0.717) is 0 Å². The van der Waals surface area contributed by atoms with Crippen molar-refractivity contribution in [2.24, 2.45) is 0 Å². The van der Waals surface area contributed by atoms with Crippen molar-refractivity contribution in [2.75, 3.05) is 14.2 Å². The molecule has 0 aliphatic heterocycles. The summed E-state index contributed by atoms with van der Waals surface area (Å²) >= 11 is 5.97. The molecule has 6 heteroatoms. The Morgan fingerprint density at radius 3 is 2.42 bits per heavy atom. The summed E-state index contributed by atoms with van der Waals surface area (Å²) in [6.45, 7) is 3.31. The standard InChI is InChI=1S/C13H16ClFO4/c1-13(2,6-9(16)17)10-11(14)7(15)5-8(18-3)12(10)19-4/h5H,6H2,1-4H3,(H,16,17). The van der Waals surface area contributed by atoms with Gasteiger partial charge in [-0.2, -0.15) is 0 Å². The zero-order valence-electron chi connectivity index (χ0n) is 11.2. The Labute approximate surface area is 116 Å². The summed E-state index contributed by atoms with van der Waals surface area (Å²) in [6, 6.07) is 1.11. The van der Waals surface area contributed by atoms with Crippen molar-refractivity contribution >= 4 is 17.6 Å². The third-order valence-corrected chi connectivity index (χ3v) is 3.20. The molecule has 0 saturated heterocycles. The van der Waals surface area contributed by atoms with Crippen LogP contribution in [0.2, 0.25) is 5.02 Å². The molecule has 0 spiro atoms. The first kappa shape index (κ1) is 15.6. The van der Waals surface area contributed by atoms with Gasteiger partial charge in [0.1, 0.15) is 5.82 Å². The smallest absolute Gasteiger partial charge is 0.304 e. The van der Waals surface area contributed by atoms with Gasteiger partial charge in [-0.1, -0.05) is 25.4 Å². The van der Waals surface area contributed by atoms with E-state index < -0.39 is 17.2 Å². The van der Waals surface area contributed by atoms with Crippen molar-refractivity contribution in [1.82, 2.24) is 0 Å². The van der Waals surface area contributed by atoms with E-state index in [2.05, 4.69) is 0 Å². The number of ether oxygens (including phenoxy) is 2. The molecule has 1 aromatic carbocycles. The molecule has 0 unspecified atom stereocenters. The predicted octanol–water partition coefficient (Wildman–Crippen LogP) is 3.25. The van der Waals surface area contributed by atoms with Gasteiger partial charge in [-0.25, -0.2) is 4.39 Å². The summed E-state index contributed by atoms with van der Waals surface area (Å²) in [6.07, 6.45) is -0.213. The maximum atomic E-state index is 13.8. The molecule has 0 fully saturated rings. The topological polar surface area (TPSA) is 55.8 Å². The Hall–Kier alpha value is -1.49. The zero-order valence-corrected chi connectivity index (χ0v) is 12.0. The van der Waals surface area contributed by atoms with Gasteiger partial charge in [0, 0.05) is 17.0 Å². The quantitative estimate of drug-likeness (QED) is 0.904. The molecule has 0 aromatic heterocycles. The van der Waals surface area contributed by atoms with E-state index in [-0.39, 0.29) is 28.5 Å². The van der Waals surface area contributed by atoms with Crippen LogP contribution in [0, 0.1) is 5.82 Å². The first-order valence-electron chi connectivity index (χ1n) is 5.56. The predicted molar refractivity (Wildman–Crippen MR) is 69.8 cm³/mol. The van der Waals surface area contributed by atoms with Crippen LogP contribution in [0.15, 0.2) is 6.07 Å². The molecule has 0 atom stereocenters. The van der Waals surface area contributed by atoms with Crippen LogP contribution in [-0.4, -0.2) is 25.3 Å². The van der Waals surface area contributed by atoms with E-state index >= 15 is 0 Å². The van der Waals surface area contributed by atoms with Crippen molar-refractivity contribution < 1.29 is 23.8 Å². The summed E-state index contributed by atoms with van der Waals surface area (Å²) in [5.41, 5.74) is -0.611. The fourth-order valence-electron chi connectivity index (χ4n) is 2.01. The van der Waals surface area contributed by atoms with Gasteiger partial charge in [0.15, 0.2) is 11.5 Å². The van der Waals surface area contributed by atoms with Crippen molar-refractivity contribution in [3.8, 4) is 11.5 Å². The average molecular weight is 291 g/mol. The molecular formula is C13H16ClFO4. The number of hydrogen-bond acceptors (Lipinski definition) is 3. The SMILES string of the molecule is COc1cc(F)c(Cl)c(C(C)(C)CC(=O)O)c1OC. The molecule has 0 amide bonds. The molecule has 19 heavy (non-hydrogen) atoms. The van der Waals surface area contributed by atoms with Gasteiger partial charge in [-0.05, 0) is 0 Å². The highest BCUT2D eigenvalue weighted by atomic mass is 35.5. The Morgan fingerprint density at radius 1 is 1.42 bits per heavy atom. The van der Waals surface area contributed by atoms with Crippen LogP contribution < -0.4 is 9.47 Å². The summed E-state index contributed by atoms with van der Waals surface area (Å²) in [5.74, 6) is -1.25. The number of hydrogen-bond donors (Lipinski definition) is 1. The number of halogens is 2. The Morgan fingerprint density at radius 2 is 2.00 bits per heavy atom. The summed E-state index contributed by atoms with van der Waals surface area (Å²) < 4.78 is 24.0. The minimum atomic E-state index is -1.01. The molecule has 0 aliphatic rings. The first-order chi connectivity index (χ1) is 8.74. The summed E-state index contributed by atoms with van der Waals surface area (Å²) in [7, 11) is 2.77. The fourth-order valence-corrected chi connectivity index (χ4v) is 2.41. The normalized spacial score (nSPS) is 11.3. The van der Waals surface area contributed by atoms with Crippen LogP contribution in [0.25, 0.3) is 0 Å². The second-order valence-electron chi connectivity index (χ2n) is 4.74. The maximum Gasteiger partial charge on any atom is 0.304 e. The van der Waals surface area contributed by atoms with Crippen molar-refractivity contribution in [3.63, 3.8) is 0 Å².